The fourth-order valence-electron chi connectivity index (χ4n) is 3.83. The highest BCUT2D eigenvalue weighted by molar-refractivity contribution is 7.92. The van der Waals surface area contributed by atoms with Gasteiger partial charge in [-0.15, -0.1) is 0 Å². The summed E-state index contributed by atoms with van der Waals surface area (Å²) in [6.07, 6.45) is 6.57. The Hall–Kier alpha value is -3.72. The molecule has 7 nitrogen and oxygen atoms in total. The van der Waals surface area contributed by atoms with Crippen LogP contribution in [-0.2, 0) is 17.1 Å². The summed E-state index contributed by atoms with van der Waals surface area (Å²) in [4.78, 5) is 11.4. The number of hydrogen-bond donors (Lipinski definition) is 2. The number of nitrogens with zero attached hydrogens (tertiary/aromatic N) is 3. The van der Waals surface area contributed by atoms with E-state index >= 15 is 4.39 Å². The van der Waals surface area contributed by atoms with Crippen LogP contribution in [0.1, 0.15) is 11.1 Å². The van der Waals surface area contributed by atoms with Gasteiger partial charge < -0.3 is 9.55 Å². The number of H-pyrrole nitrogens is 1. The van der Waals surface area contributed by atoms with Crippen molar-refractivity contribution < 1.29 is 12.8 Å². The number of fused-ring (bicyclic) bond motifs is 2. The number of anilines is 1. The van der Waals surface area contributed by atoms with Crippen LogP contribution >= 0.6 is 0 Å². The number of pyridine rings is 2. The molecule has 0 bridgehead atoms. The summed E-state index contributed by atoms with van der Waals surface area (Å²) in [7, 11) is -2.08. The maximum Gasteiger partial charge on any atom is 0.279 e. The van der Waals surface area contributed by atoms with E-state index in [1.807, 2.05) is 30.8 Å². The molecule has 0 aliphatic heterocycles. The summed E-state index contributed by atoms with van der Waals surface area (Å²) in [6, 6.07) is 8.22. The maximum absolute atomic E-state index is 15.1. The second kappa shape index (κ2) is 7.16. The van der Waals surface area contributed by atoms with Crippen LogP contribution in [0.5, 0.6) is 0 Å². The lowest BCUT2D eigenvalue weighted by atomic mass is 10.0. The summed E-state index contributed by atoms with van der Waals surface area (Å²) in [5.41, 5.74) is 3.98. The predicted octanol–water partition coefficient (Wildman–Crippen LogP) is 4.67. The highest BCUT2D eigenvalue weighted by Gasteiger charge is 2.22. The third-order valence-corrected chi connectivity index (χ3v) is 6.82. The van der Waals surface area contributed by atoms with Gasteiger partial charge in [0, 0.05) is 53.9 Å². The number of halogens is 1. The molecule has 5 aromatic rings. The zero-order valence-corrected chi connectivity index (χ0v) is 18.5. The first-order valence-electron chi connectivity index (χ1n) is 9.92. The predicted molar refractivity (Wildman–Crippen MR) is 122 cm³/mol. The molecule has 0 fully saturated rings. The van der Waals surface area contributed by atoms with Gasteiger partial charge in [0.2, 0.25) is 0 Å². The van der Waals surface area contributed by atoms with E-state index in [4.69, 9.17) is 0 Å². The van der Waals surface area contributed by atoms with E-state index in [0.717, 1.165) is 16.5 Å². The van der Waals surface area contributed by atoms with Gasteiger partial charge in [0.15, 0.2) is 5.03 Å². The Labute approximate surface area is 184 Å². The van der Waals surface area contributed by atoms with E-state index in [0.29, 0.717) is 33.4 Å². The van der Waals surface area contributed by atoms with Gasteiger partial charge in [0.25, 0.3) is 10.0 Å². The van der Waals surface area contributed by atoms with Crippen molar-refractivity contribution in [1.29, 1.82) is 0 Å². The van der Waals surface area contributed by atoms with Crippen molar-refractivity contribution in [3.63, 3.8) is 0 Å². The topological polar surface area (TPSA) is 92.7 Å². The molecule has 5 rings (SSSR count). The number of sulfonamides is 1. The van der Waals surface area contributed by atoms with Gasteiger partial charge in [0.05, 0.1) is 11.1 Å². The van der Waals surface area contributed by atoms with E-state index in [9.17, 15) is 8.42 Å². The number of aromatic amines is 1. The molecule has 2 N–H and O–H groups in total. The van der Waals surface area contributed by atoms with Crippen molar-refractivity contribution >= 4 is 37.6 Å². The van der Waals surface area contributed by atoms with Crippen molar-refractivity contribution in [2.75, 3.05) is 4.72 Å². The lowest BCUT2D eigenvalue weighted by molar-refractivity contribution is 0.597. The van der Waals surface area contributed by atoms with E-state index in [2.05, 4.69) is 19.7 Å². The highest BCUT2D eigenvalue weighted by atomic mass is 32.2. The number of aromatic nitrogens is 4. The van der Waals surface area contributed by atoms with Gasteiger partial charge in [-0.2, -0.15) is 8.42 Å². The number of benzene rings is 1. The quantitative estimate of drug-likeness (QED) is 0.417. The lowest BCUT2D eigenvalue weighted by Gasteiger charge is -2.13. The molecule has 32 heavy (non-hydrogen) atoms. The van der Waals surface area contributed by atoms with Gasteiger partial charge >= 0.3 is 0 Å². The second-order valence-corrected chi connectivity index (χ2v) is 9.47. The Morgan fingerprint density at radius 1 is 1.06 bits per heavy atom. The zero-order chi connectivity index (χ0) is 22.6. The summed E-state index contributed by atoms with van der Waals surface area (Å²) >= 11 is 0. The Kier molecular flexibility index (Phi) is 4.52. The summed E-state index contributed by atoms with van der Waals surface area (Å²) < 4.78 is 45.8. The van der Waals surface area contributed by atoms with Crippen molar-refractivity contribution in [2.45, 2.75) is 18.9 Å². The Balaban J connectivity index is 1.71. The van der Waals surface area contributed by atoms with Gasteiger partial charge in [-0.25, -0.2) is 14.4 Å². The highest BCUT2D eigenvalue weighted by Crippen LogP contribution is 2.38. The minimum absolute atomic E-state index is 0.0963. The molecule has 1 aromatic carbocycles. The van der Waals surface area contributed by atoms with Crippen LogP contribution in [0.25, 0.3) is 33.1 Å². The molecule has 162 valence electrons. The van der Waals surface area contributed by atoms with Crippen molar-refractivity contribution in [3.05, 3.63) is 72.1 Å². The molecule has 0 spiro atoms. The van der Waals surface area contributed by atoms with Gasteiger partial charge in [-0.05, 0) is 49.2 Å². The SMILES string of the molecule is Cc1ccc(S(=O)(=O)Nc2c(C)cnc3[nH]cc(-c4cc5c(ccn5C)cc4F)c23)nc1. The number of nitrogens with one attached hydrogen (secondary N) is 2. The van der Waals surface area contributed by atoms with Gasteiger partial charge in [-0.3, -0.25) is 4.72 Å². The van der Waals surface area contributed by atoms with Gasteiger partial charge in [0.1, 0.15) is 11.5 Å². The first-order chi connectivity index (χ1) is 15.2. The van der Waals surface area contributed by atoms with Crippen LogP contribution in [0.3, 0.4) is 0 Å². The third kappa shape index (κ3) is 3.21. The largest absolute Gasteiger partial charge is 0.351 e. The summed E-state index contributed by atoms with van der Waals surface area (Å²) in [6.45, 7) is 3.58. The minimum atomic E-state index is -3.96. The minimum Gasteiger partial charge on any atom is -0.351 e. The van der Waals surface area contributed by atoms with E-state index in [1.165, 1.54) is 18.3 Å². The Morgan fingerprint density at radius 2 is 1.88 bits per heavy atom. The van der Waals surface area contributed by atoms with Crippen LogP contribution in [0.15, 0.2) is 60.1 Å². The van der Waals surface area contributed by atoms with E-state index < -0.39 is 15.8 Å². The van der Waals surface area contributed by atoms with Crippen molar-refractivity contribution in [2.24, 2.45) is 7.05 Å². The molecule has 0 radical (unpaired) electrons. The molecule has 0 amide bonds. The fraction of sp³-hybridized carbons (Fsp3) is 0.130. The number of rotatable bonds is 4. The zero-order valence-electron chi connectivity index (χ0n) is 17.6. The van der Waals surface area contributed by atoms with Gasteiger partial charge in [-0.1, -0.05) is 6.07 Å². The van der Waals surface area contributed by atoms with Crippen LogP contribution in [-0.4, -0.2) is 27.9 Å². The monoisotopic (exact) mass is 449 g/mol. The summed E-state index contributed by atoms with van der Waals surface area (Å²) in [5.74, 6) is -0.403. The second-order valence-electron chi connectivity index (χ2n) is 7.84. The molecule has 4 aromatic heterocycles. The van der Waals surface area contributed by atoms with E-state index in [-0.39, 0.29) is 5.03 Å². The molecular weight excluding hydrogens is 429 g/mol. The molecule has 0 aliphatic carbocycles. The molecule has 0 saturated heterocycles. The standard InChI is InChI=1S/C23H20FN5O2S/c1-13-4-5-20(25-10-13)32(30,31)28-22-14(2)11-26-23-21(22)17(12-27-23)16-9-19-15(8-18(16)24)6-7-29(19)3/h4-12H,1-3H3,(H2,26,27,28). The number of aryl methyl sites for hydroxylation is 3. The Morgan fingerprint density at radius 3 is 2.62 bits per heavy atom. The molecular formula is C23H20FN5O2S. The fourth-order valence-corrected chi connectivity index (χ4v) is 4.90. The average molecular weight is 450 g/mol. The molecule has 0 aliphatic rings. The third-order valence-electron chi connectivity index (χ3n) is 5.55. The van der Waals surface area contributed by atoms with Crippen molar-refractivity contribution in [3.8, 4) is 11.1 Å². The molecule has 4 heterocycles. The molecule has 9 heteroatoms. The smallest absolute Gasteiger partial charge is 0.279 e. The molecule has 0 atom stereocenters. The summed E-state index contributed by atoms with van der Waals surface area (Å²) in [5, 5.41) is 1.18. The van der Waals surface area contributed by atoms with Crippen LogP contribution < -0.4 is 4.72 Å². The Bertz CT molecular complexity index is 1600. The first kappa shape index (κ1) is 20.2. The lowest BCUT2D eigenvalue weighted by Crippen LogP contribution is -2.15. The van der Waals surface area contributed by atoms with Crippen LogP contribution in [0, 0.1) is 19.7 Å². The molecule has 0 unspecified atom stereocenters. The molecule has 0 saturated carbocycles. The van der Waals surface area contributed by atoms with E-state index in [1.54, 1.807) is 31.5 Å². The maximum atomic E-state index is 15.1. The van der Waals surface area contributed by atoms with Crippen LogP contribution in [0.2, 0.25) is 0 Å². The van der Waals surface area contributed by atoms with Crippen LogP contribution in [0.4, 0.5) is 10.1 Å². The number of hydrogen-bond acceptors (Lipinski definition) is 4. The normalized spacial score (nSPS) is 12.0. The average Bonchev–Trinajstić information content (AvgIpc) is 3.33. The first-order valence-corrected chi connectivity index (χ1v) is 11.4. The van der Waals surface area contributed by atoms with Crippen molar-refractivity contribution in [1.82, 2.24) is 19.5 Å².